The van der Waals surface area contributed by atoms with Gasteiger partial charge in [0.2, 0.25) is 0 Å². The molecule has 3 N–H and O–H groups in total. The molecule has 0 spiro atoms. The van der Waals surface area contributed by atoms with Gasteiger partial charge in [-0.1, -0.05) is 13.3 Å². The molecule has 2 aliphatic heterocycles. The van der Waals surface area contributed by atoms with Crippen LogP contribution in [0.2, 0.25) is 0 Å². The van der Waals surface area contributed by atoms with E-state index in [1.54, 1.807) is 0 Å². The molecular formula is C13H21N3O4. The van der Waals surface area contributed by atoms with Crippen LogP contribution in [0.3, 0.4) is 0 Å². The van der Waals surface area contributed by atoms with Crippen molar-refractivity contribution < 1.29 is 19.5 Å². The van der Waals surface area contributed by atoms with Crippen molar-refractivity contribution in [2.24, 2.45) is 5.92 Å². The molecule has 0 aromatic carbocycles. The fraction of sp³-hybridized carbons (Fsp3) is 0.769. The summed E-state index contributed by atoms with van der Waals surface area (Å²) in [7, 11) is 0. The first-order valence-electron chi connectivity index (χ1n) is 7.05. The summed E-state index contributed by atoms with van der Waals surface area (Å²) in [5, 5.41) is 13.9. The number of carboxylic acid groups (broad SMARTS) is 1. The number of piperidine rings is 1. The average Bonchev–Trinajstić information content (AvgIpc) is 2.65. The van der Waals surface area contributed by atoms with Crippen LogP contribution in [0.25, 0.3) is 0 Å². The largest absolute Gasteiger partial charge is 0.480 e. The van der Waals surface area contributed by atoms with E-state index in [2.05, 4.69) is 10.6 Å². The van der Waals surface area contributed by atoms with Gasteiger partial charge in [-0.3, -0.25) is 19.8 Å². The third-order valence-corrected chi connectivity index (χ3v) is 4.26. The van der Waals surface area contributed by atoms with E-state index in [1.165, 1.54) is 0 Å². The summed E-state index contributed by atoms with van der Waals surface area (Å²) in [4.78, 5) is 36.2. The third-order valence-electron chi connectivity index (χ3n) is 4.26. The molecule has 0 radical (unpaired) electrons. The summed E-state index contributed by atoms with van der Waals surface area (Å²) in [5.74, 6) is -1.00. The van der Waals surface area contributed by atoms with Gasteiger partial charge in [0.25, 0.3) is 5.91 Å². The topological polar surface area (TPSA) is 98.7 Å². The molecule has 3 amide bonds. The van der Waals surface area contributed by atoms with E-state index in [0.29, 0.717) is 19.5 Å². The van der Waals surface area contributed by atoms with Gasteiger partial charge in [0, 0.05) is 0 Å². The Labute approximate surface area is 117 Å². The zero-order chi connectivity index (χ0) is 14.8. The Morgan fingerprint density at radius 1 is 1.40 bits per heavy atom. The predicted octanol–water partition coefficient (Wildman–Crippen LogP) is 0.161. The molecule has 2 aliphatic rings. The maximum Gasteiger partial charge on any atom is 0.322 e. The normalized spacial score (nSPS) is 28.2. The minimum Gasteiger partial charge on any atom is -0.480 e. The van der Waals surface area contributed by atoms with Gasteiger partial charge in [0.15, 0.2) is 0 Å². The number of imide groups is 1. The van der Waals surface area contributed by atoms with Crippen LogP contribution in [0.5, 0.6) is 0 Å². The van der Waals surface area contributed by atoms with Crippen molar-refractivity contribution in [1.82, 2.24) is 15.5 Å². The quantitative estimate of drug-likeness (QED) is 0.624. The number of carbonyl (C=O) groups excluding carboxylic acids is 2. The van der Waals surface area contributed by atoms with Gasteiger partial charge in [-0.05, 0) is 38.3 Å². The number of carboxylic acids is 1. The van der Waals surface area contributed by atoms with Crippen LogP contribution in [-0.4, -0.2) is 53.1 Å². The highest BCUT2D eigenvalue weighted by molar-refractivity contribution is 6.07. The zero-order valence-corrected chi connectivity index (χ0v) is 11.6. The van der Waals surface area contributed by atoms with Gasteiger partial charge in [0.05, 0.1) is 6.54 Å². The maximum absolute atomic E-state index is 12.2. The summed E-state index contributed by atoms with van der Waals surface area (Å²) >= 11 is 0. The van der Waals surface area contributed by atoms with Crippen LogP contribution in [0.15, 0.2) is 0 Å². The Hall–Kier alpha value is -1.63. The Balaban J connectivity index is 2.04. The standard InChI is InChI=1S/C13H21N3O4/c1-2-5-13(11(19)14-12(20)15-13)9-3-6-16(7-4-9)8-10(17)18/h9H,2-8H2,1H3,(H,17,18)(H2,14,15,19,20)/t13-/m0/s1. The lowest BCUT2D eigenvalue weighted by atomic mass is 9.75. The molecule has 2 fully saturated rings. The molecule has 0 aromatic rings. The first kappa shape index (κ1) is 14.8. The fourth-order valence-corrected chi connectivity index (χ4v) is 3.34. The van der Waals surface area contributed by atoms with Crippen LogP contribution in [0, 0.1) is 5.92 Å². The fourth-order valence-electron chi connectivity index (χ4n) is 3.34. The Kier molecular flexibility index (Phi) is 4.27. The number of likely N-dealkylation sites (tertiary alicyclic amines) is 1. The molecule has 2 rings (SSSR count). The Morgan fingerprint density at radius 2 is 2.05 bits per heavy atom. The molecule has 0 bridgehead atoms. The molecule has 2 heterocycles. The smallest absolute Gasteiger partial charge is 0.322 e. The number of aliphatic carboxylic acids is 1. The predicted molar refractivity (Wildman–Crippen MR) is 71.1 cm³/mol. The zero-order valence-electron chi connectivity index (χ0n) is 11.6. The second-order valence-electron chi connectivity index (χ2n) is 5.57. The first-order valence-corrected chi connectivity index (χ1v) is 7.05. The van der Waals surface area contributed by atoms with E-state index in [-0.39, 0.29) is 18.4 Å². The molecule has 7 heteroatoms. The summed E-state index contributed by atoms with van der Waals surface area (Å²) in [5.41, 5.74) is -0.804. The van der Waals surface area contributed by atoms with Gasteiger partial charge in [-0.25, -0.2) is 4.79 Å². The molecule has 0 aliphatic carbocycles. The molecule has 0 aromatic heterocycles. The molecule has 7 nitrogen and oxygen atoms in total. The second-order valence-corrected chi connectivity index (χ2v) is 5.57. The minimum atomic E-state index is -0.835. The van der Waals surface area contributed by atoms with E-state index < -0.39 is 17.5 Å². The molecular weight excluding hydrogens is 262 g/mol. The minimum absolute atomic E-state index is 0.0338. The highest BCUT2D eigenvalue weighted by Crippen LogP contribution is 2.34. The highest BCUT2D eigenvalue weighted by Gasteiger charge is 2.51. The van der Waals surface area contributed by atoms with Crippen LogP contribution in [0.1, 0.15) is 32.6 Å². The van der Waals surface area contributed by atoms with E-state index >= 15 is 0 Å². The van der Waals surface area contributed by atoms with E-state index in [1.807, 2.05) is 11.8 Å². The average molecular weight is 283 g/mol. The number of urea groups is 1. The molecule has 0 saturated carbocycles. The summed E-state index contributed by atoms with van der Waals surface area (Å²) in [6.07, 6.45) is 2.87. The lowest BCUT2D eigenvalue weighted by Crippen LogP contribution is -2.56. The molecule has 20 heavy (non-hydrogen) atoms. The number of amides is 3. The number of hydrogen-bond donors (Lipinski definition) is 3. The molecule has 2 saturated heterocycles. The molecule has 0 unspecified atom stereocenters. The highest BCUT2D eigenvalue weighted by atomic mass is 16.4. The number of hydrogen-bond acceptors (Lipinski definition) is 4. The Bertz CT molecular complexity index is 418. The van der Waals surface area contributed by atoms with Gasteiger partial charge < -0.3 is 10.4 Å². The monoisotopic (exact) mass is 283 g/mol. The second kappa shape index (κ2) is 5.78. The number of nitrogens with zero attached hydrogens (tertiary/aromatic N) is 1. The van der Waals surface area contributed by atoms with Crippen molar-refractivity contribution in [3.63, 3.8) is 0 Å². The van der Waals surface area contributed by atoms with Crippen molar-refractivity contribution in [2.75, 3.05) is 19.6 Å². The number of rotatable bonds is 5. The SMILES string of the molecule is CCC[C@@]1(C2CCN(CC(=O)O)CC2)NC(=O)NC1=O. The van der Waals surface area contributed by atoms with Crippen molar-refractivity contribution in [2.45, 2.75) is 38.1 Å². The first-order chi connectivity index (χ1) is 9.48. The number of carbonyl (C=O) groups is 3. The van der Waals surface area contributed by atoms with Crippen molar-refractivity contribution in [1.29, 1.82) is 0 Å². The Morgan fingerprint density at radius 3 is 2.50 bits per heavy atom. The summed E-state index contributed by atoms with van der Waals surface area (Å²) in [6, 6.07) is -0.420. The van der Waals surface area contributed by atoms with Crippen LogP contribution in [0.4, 0.5) is 4.79 Å². The summed E-state index contributed by atoms with van der Waals surface area (Å²) in [6.45, 7) is 3.31. The van der Waals surface area contributed by atoms with E-state index in [4.69, 9.17) is 5.11 Å². The van der Waals surface area contributed by atoms with Crippen molar-refractivity contribution >= 4 is 17.9 Å². The lowest BCUT2D eigenvalue weighted by Gasteiger charge is -2.40. The van der Waals surface area contributed by atoms with Crippen LogP contribution >= 0.6 is 0 Å². The van der Waals surface area contributed by atoms with Crippen molar-refractivity contribution in [3.05, 3.63) is 0 Å². The summed E-state index contributed by atoms with van der Waals surface area (Å²) < 4.78 is 0. The third kappa shape index (κ3) is 2.77. The van der Waals surface area contributed by atoms with Crippen molar-refractivity contribution in [3.8, 4) is 0 Å². The maximum atomic E-state index is 12.2. The van der Waals surface area contributed by atoms with Gasteiger partial charge in [0.1, 0.15) is 5.54 Å². The lowest BCUT2D eigenvalue weighted by molar-refractivity contribution is -0.139. The van der Waals surface area contributed by atoms with E-state index in [0.717, 1.165) is 19.3 Å². The molecule has 1 atom stereocenters. The van der Waals surface area contributed by atoms with Gasteiger partial charge >= 0.3 is 12.0 Å². The van der Waals surface area contributed by atoms with Gasteiger partial charge in [-0.15, -0.1) is 0 Å². The van der Waals surface area contributed by atoms with E-state index in [9.17, 15) is 14.4 Å². The van der Waals surface area contributed by atoms with Crippen LogP contribution in [-0.2, 0) is 9.59 Å². The van der Waals surface area contributed by atoms with Gasteiger partial charge in [-0.2, -0.15) is 0 Å². The molecule has 112 valence electrons. The number of nitrogens with one attached hydrogen (secondary N) is 2. The van der Waals surface area contributed by atoms with Crippen LogP contribution < -0.4 is 10.6 Å².